The number of phenolic OH excluding ortho intramolecular Hbond substituents is 1. The Morgan fingerprint density at radius 2 is 2.07 bits per heavy atom. The number of phenols is 1. The zero-order valence-electron chi connectivity index (χ0n) is 8.30. The van der Waals surface area contributed by atoms with Gasteiger partial charge in [0.2, 0.25) is 0 Å². The van der Waals surface area contributed by atoms with E-state index in [1.54, 1.807) is 13.0 Å². The van der Waals surface area contributed by atoms with Gasteiger partial charge in [-0.2, -0.15) is 0 Å². The van der Waals surface area contributed by atoms with Gasteiger partial charge in [0, 0.05) is 23.1 Å². The number of nitrogens with one attached hydrogen (secondary N) is 1. The first-order valence-corrected chi connectivity index (χ1v) is 6.15. The third kappa shape index (κ3) is 4.10. The average Bonchev–Trinajstić information content (AvgIpc) is 2.12. The number of hydrogen-bond donors (Lipinski definition) is 3. The van der Waals surface area contributed by atoms with Crippen molar-refractivity contribution in [2.75, 3.05) is 6.54 Å². The van der Waals surface area contributed by atoms with Crippen molar-refractivity contribution in [3.63, 3.8) is 0 Å². The molecule has 3 N–H and O–H groups in total. The highest BCUT2D eigenvalue weighted by atomic mass is 79.9. The van der Waals surface area contributed by atoms with Gasteiger partial charge in [0.1, 0.15) is 5.75 Å². The summed E-state index contributed by atoms with van der Waals surface area (Å²) in [7, 11) is 0. The summed E-state index contributed by atoms with van der Waals surface area (Å²) in [6.07, 6.45) is -0.386. The molecule has 0 radical (unpaired) electrons. The Labute approximate surface area is 106 Å². The van der Waals surface area contributed by atoms with E-state index in [1.807, 2.05) is 6.07 Å². The lowest BCUT2D eigenvalue weighted by Gasteiger charge is -2.10. The average molecular weight is 339 g/mol. The van der Waals surface area contributed by atoms with Crippen LogP contribution in [0.4, 0.5) is 0 Å². The smallest absolute Gasteiger partial charge is 0.134 e. The van der Waals surface area contributed by atoms with Crippen LogP contribution in [0, 0.1) is 0 Å². The highest BCUT2D eigenvalue weighted by Crippen LogP contribution is 2.31. The number of rotatable bonds is 4. The van der Waals surface area contributed by atoms with Crippen LogP contribution >= 0.6 is 31.9 Å². The molecule has 3 nitrogen and oxygen atoms in total. The topological polar surface area (TPSA) is 52.5 Å². The highest BCUT2D eigenvalue weighted by molar-refractivity contribution is 9.11. The fraction of sp³-hybridized carbons (Fsp3) is 0.400. The molecule has 0 bridgehead atoms. The van der Waals surface area contributed by atoms with Gasteiger partial charge >= 0.3 is 0 Å². The summed E-state index contributed by atoms with van der Waals surface area (Å²) in [4.78, 5) is 0. The number of aliphatic hydroxyl groups is 1. The van der Waals surface area contributed by atoms with E-state index in [0.29, 0.717) is 17.6 Å². The Bertz CT molecular complexity index is 342. The molecule has 0 aliphatic heterocycles. The minimum atomic E-state index is -0.386. The molecule has 1 aromatic carbocycles. The molecule has 1 rings (SSSR count). The van der Waals surface area contributed by atoms with Crippen LogP contribution in [0.5, 0.6) is 5.75 Å². The van der Waals surface area contributed by atoms with Gasteiger partial charge in [-0.1, -0.05) is 15.9 Å². The van der Waals surface area contributed by atoms with Crippen LogP contribution in [0.1, 0.15) is 12.5 Å². The van der Waals surface area contributed by atoms with E-state index in [9.17, 15) is 5.11 Å². The summed E-state index contributed by atoms with van der Waals surface area (Å²) in [5.41, 5.74) is 0.789. The first-order chi connectivity index (χ1) is 7.00. The number of aromatic hydroxyl groups is 1. The summed E-state index contributed by atoms with van der Waals surface area (Å²) in [5, 5.41) is 21.8. The second-order valence-electron chi connectivity index (χ2n) is 3.38. The van der Waals surface area contributed by atoms with Crippen molar-refractivity contribution in [3.05, 3.63) is 26.6 Å². The predicted octanol–water partition coefficient (Wildman–Crippen LogP) is 2.39. The molecule has 5 heteroatoms. The highest BCUT2D eigenvalue weighted by Gasteiger charge is 2.07. The molecule has 15 heavy (non-hydrogen) atoms. The number of aliphatic hydroxyl groups excluding tert-OH is 1. The molecule has 0 saturated heterocycles. The summed E-state index contributed by atoms with van der Waals surface area (Å²) < 4.78 is 1.56. The molecule has 1 atom stereocenters. The standard InChI is InChI=1S/C10H13Br2NO2/c1-6(14)4-13-5-7-2-8(11)3-9(12)10(7)15/h2-3,6,13-15H,4-5H2,1H3/t6-/m0/s1. The molecule has 0 aromatic heterocycles. The summed E-state index contributed by atoms with van der Waals surface area (Å²) >= 11 is 6.61. The molecule has 0 amide bonds. The second kappa shape index (κ2) is 5.84. The number of benzene rings is 1. The fourth-order valence-corrected chi connectivity index (χ4v) is 2.48. The van der Waals surface area contributed by atoms with Crippen molar-refractivity contribution >= 4 is 31.9 Å². The lowest BCUT2D eigenvalue weighted by molar-refractivity contribution is 0.191. The van der Waals surface area contributed by atoms with Crippen molar-refractivity contribution < 1.29 is 10.2 Å². The van der Waals surface area contributed by atoms with E-state index < -0.39 is 0 Å². The predicted molar refractivity (Wildman–Crippen MR) is 66.9 cm³/mol. The lowest BCUT2D eigenvalue weighted by atomic mass is 10.2. The van der Waals surface area contributed by atoms with Crippen molar-refractivity contribution in [2.24, 2.45) is 0 Å². The third-order valence-electron chi connectivity index (χ3n) is 1.86. The third-order valence-corrected chi connectivity index (χ3v) is 2.92. The maximum Gasteiger partial charge on any atom is 0.134 e. The van der Waals surface area contributed by atoms with Gasteiger partial charge in [-0.05, 0) is 35.0 Å². The van der Waals surface area contributed by atoms with Crippen molar-refractivity contribution in [2.45, 2.75) is 19.6 Å². The van der Waals surface area contributed by atoms with Crippen LogP contribution in [-0.4, -0.2) is 22.9 Å². The van der Waals surface area contributed by atoms with Crippen LogP contribution < -0.4 is 5.32 Å². The van der Waals surface area contributed by atoms with E-state index in [2.05, 4.69) is 37.2 Å². The lowest BCUT2D eigenvalue weighted by Crippen LogP contribution is -2.23. The number of hydrogen-bond acceptors (Lipinski definition) is 3. The van der Waals surface area contributed by atoms with Crippen LogP contribution in [0.3, 0.4) is 0 Å². The largest absolute Gasteiger partial charge is 0.506 e. The van der Waals surface area contributed by atoms with Gasteiger partial charge in [-0.25, -0.2) is 0 Å². The summed E-state index contributed by atoms with van der Waals surface area (Å²) in [6.45, 7) is 2.74. The SMILES string of the molecule is C[C@H](O)CNCc1cc(Br)cc(Br)c1O. The Kier molecular flexibility index (Phi) is 5.05. The molecule has 0 spiro atoms. The van der Waals surface area contributed by atoms with Crippen LogP contribution in [0.2, 0.25) is 0 Å². The fourth-order valence-electron chi connectivity index (χ4n) is 1.17. The molecular formula is C10H13Br2NO2. The van der Waals surface area contributed by atoms with Gasteiger partial charge in [-0.15, -0.1) is 0 Å². The summed E-state index contributed by atoms with van der Waals surface area (Å²) in [5.74, 6) is 0.233. The monoisotopic (exact) mass is 337 g/mol. The maximum absolute atomic E-state index is 9.72. The molecular weight excluding hydrogens is 326 g/mol. The molecule has 0 fully saturated rings. The first kappa shape index (κ1) is 13.0. The minimum Gasteiger partial charge on any atom is -0.506 e. The van der Waals surface area contributed by atoms with Crippen LogP contribution in [0.25, 0.3) is 0 Å². The molecule has 0 aliphatic carbocycles. The molecule has 0 saturated carbocycles. The minimum absolute atomic E-state index is 0.233. The molecule has 0 heterocycles. The molecule has 84 valence electrons. The van der Waals surface area contributed by atoms with E-state index in [0.717, 1.165) is 10.0 Å². The Hall–Kier alpha value is -0.100. The molecule has 0 aliphatic rings. The normalized spacial score (nSPS) is 12.8. The van der Waals surface area contributed by atoms with Gasteiger partial charge in [0.25, 0.3) is 0 Å². The van der Waals surface area contributed by atoms with Crippen molar-refractivity contribution in [1.82, 2.24) is 5.32 Å². The Morgan fingerprint density at radius 3 is 2.67 bits per heavy atom. The van der Waals surface area contributed by atoms with E-state index in [1.165, 1.54) is 0 Å². The van der Waals surface area contributed by atoms with Gasteiger partial charge in [-0.3, -0.25) is 0 Å². The van der Waals surface area contributed by atoms with Crippen molar-refractivity contribution in [1.29, 1.82) is 0 Å². The number of halogens is 2. The van der Waals surface area contributed by atoms with Gasteiger partial charge in [0.05, 0.1) is 10.6 Å². The zero-order chi connectivity index (χ0) is 11.4. The molecule has 1 aromatic rings. The summed E-state index contributed by atoms with van der Waals surface area (Å²) in [6, 6.07) is 3.63. The van der Waals surface area contributed by atoms with Crippen LogP contribution in [0.15, 0.2) is 21.1 Å². The van der Waals surface area contributed by atoms with Crippen LogP contribution in [-0.2, 0) is 6.54 Å². The molecule has 0 unspecified atom stereocenters. The van der Waals surface area contributed by atoms with Gasteiger partial charge in [0.15, 0.2) is 0 Å². The Morgan fingerprint density at radius 1 is 1.40 bits per heavy atom. The van der Waals surface area contributed by atoms with E-state index in [-0.39, 0.29) is 11.9 Å². The second-order valence-corrected chi connectivity index (χ2v) is 5.15. The van der Waals surface area contributed by atoms with Crippen molar-refractivity contribution in [3.8, 4) is 5.75 Å². The Balaban J connectivity index is 2.68. The maximum atomic E-state index is 9.72. The zero-order valence-corrected chi connectivity index (χ0v) is 11.5. The first-order valence-electron chi connectivity index (χ1n) is 4.56. The van der Waals surface area contributed by atoms with E-state index in [4.69, 9.17) is 5.11 Å². The van der Waals surface area contributed by atoms with E-state index >= 15 is 0 Å². The van der Waals surface area contributed by atoms with Gasteiger partial charge < -0.3 is 15.5 Å². The quantitative estimate of drug-likeness (QED) is 0.790.